The van der Waals surface area contributed by atoms with Crippen LogP contribution in [0.3, 0.4) is 0 Å². The SMILES string of the molecule is COC1=CN2C(c3ccccc3)=NOC2C=N1. The molecule has 2 heterocycles. The minimum Gasteiger partial charge on any atom is -0.480 e. The molecule has 86 valence electrons. The molecule has 0 spiro atoms. The van der Waals surface area contributed by atoms with Gasteiger partial charge in [-0.2, -0.15) is 0 Å². The maximum Gasteiger partial charge on any atom is 0.241 e. The zero-order valence-corrected chi connectivity index (χ0v) is 9.28. The van der Waals surface area contributed by atoms with Gasteiger partial charge in [-0.1, -0.05) is 35.5 Å². The van der Waals surface area contributed by atoms with Crippen LogP contribution in [0.5, 0.6) is 0 Å². The number of fused-ring (bicyclic) bond motifs is 1. The van der Waals surface area contributed by atoms with Gasteiger partial charge >= 0.3 is 0 Å². The number of oxime groups is 1. The first-order valence-electron chi connectivity index (χ1n) is 5.26. The number of nitrogens with zero attached hydrogens (tertiary/aromatic N) is 3. The van der Waals surface area contributed by atoms with E-state index >= 15 is 0 Å². The monoisotopic (exact) mass is 229 g/mol. The summed E-state index contributed by atoms with van der Waals surface area (Å²) < 4.78 is 5.09. The van der Waals surface area contributed by atoms with E-state index in [1.54, 1.807) is 19.5 Å². The van der Waals surface area contributed by atoms with Crippen LogP contribution in [0, 0.1) is 0 Å². The van der Waals surface area contributed by atoms with Gasteiger partial charge in [-0.15, -0.1) is 0 Å². The molecule has 5 heteroatoms. The Morgan fingerprint density at radius 2 is 2.12 bits per heavy atom. The van der Waals surface area contributed by atoms with E-state index in [0.717, 1.165) is 11.4 Å². The normalized spacial score (nSPS) is 21.5. The van der Waals surface area contributed by atoms with Crippen LogP contribution in [-0.4, -0.2) is 30.3 Å². The van der Waals surface area contributed by atoms with Crippen molar-refractivity contribution >= 4 is 12.1 Å². The summed E-state index contributed by atoms with van der Waals surface area (Å²) in [6.45, 7) is 0. The molecule has 2 aliphatic rings. The largest absolute Gasteiger partial charge is 0.480 e. The molecular weight excluding hydrogens is 218 g/mol. The molecular formula is C12H11N3O2. The fraction of sp³-hybridized carbons (Fsp3) is 0.167. The maximum atomic E-state index is 5.28. The van der Waals surface area contributed by atoms with E-state index < -0.39 is 0 Å². The highest BCUT2D eigenvalue weighted by Gasteiger charge is 2.31. The van der Waals surface area contributed by atoms with Crippen LogP contribution in [0.2, 0.25) is 0 Å². The predicted octanol–water partition coefficient (Wildman–Crippen LogP) is 1.54. The molecule has 1 aromatic carbocycles. The fourth-order valence-electron chi connectivity index (χ4n) is 1.74. The van der Waals surface area contributed by atoms with Crippen LogP contribution in [0.1, 0.15) is 5.56 Å². The van der Waals surface area contributed by atoms with Gasteiger partial charge in [0.25, 0.3) is 0 Å². The van der Waals surface area contributed by atoms with E-state index in [4.69, 9.17) is 9.57 Å². The van der Waals surface area contributed by atoms with Crippen LogP contribution in [0.25, 0.3) is 0 Å². The third-order valence-corrected chi connectivity index (χ3v) is 2.59. The summed E-state index contributed by atoms with van der Waals surface area (Å²) in [6.07, 6.45) is 3.17. The summed E-state index contributed by atoms with van der Waals surface area (Å²) in [7, 11) is 1.58. The van der Waals surface area contributed by atoms with E-state index in [1.165, 1.54) is 0 Å². The highest BCUT2D eigenvalue weighted by atomic mass is 16.7. The Bertz CT molecular complexity index is 508. The van der Waals surface area contributed by atoms with Gasteiger partial charge < -0.3 is 9.57 Å². The van der Waals surface area contributed by atoms with Crippen molar-refractivity contribution in [3.05, 3.63) is 48.0 Å². The Morgan fingerprint density at radius 1 is 1.29 bits per heavy atom. The molecule has 0 saturated carbocycles. The van der Waals surface area contributed by atoms with E-state index in [0.29, 0.717) is 5.88 Å². The minimum absolute atomic E-state index is 0.274. The molecule has 0 aliphatic carbocycles. The summed E-state index contributed by atoms with van der Waals surface area (Å²) in [4.78, 5) is 11.3. The van der Waals surface area contributed by atoms with Gasteiger partial charge in [0.05, 0.1) is 19.5 Å². The molecule has 5 nitrogen and oxygen atoms in total. The Hall–Kier alpha value is -2.30. The molecule has 1 atom stereocenters. The van der Waals surface area contributed by atoms with Gasteiger partial charge in [0, 0.05) is 5.56 Å². The fourth-order valence-corrected chi connectivity index (χ4v) is 1.74. The van der Waals surface area contributed by atoms with Crippen LogP contribution in [0.15, 0.2) is 52.6 Å². The Kier molecular flexibility index (Phi) is 2.29. The van der Waals surface area contributed by atoms with Crippen molar-refractivity contribution in [1.82, 2.24) is 4.90 Å². The van der Waals surface area contributed by atoms with Gasteiger partial charge in [-0.3, -0.25) is 4.90 Å². The number of hydrogen-bond donors (Lipinski definition) is 0. The van der Waals surface area contributed by atoms with E-state index in [1.807, 2.05) is 35.2 Å². The van der Waals surface area contributed by atoms with Gasteiger partial charge in [-0.25, -0.2) is 4.99 Å². The summed E-state index contributed by atoms with van der Waals surface area (Å²) in [5, 5.41) is 4.07. The average molecular weight is 229 g/mol. The maximum absolute atomic E-state index is 5.28. The lowest BCUT2D eigenvalue weighted by molar-refractivity contribution is 0.0782. The number of aliphatic imine (C=N–C) groups is 1. The number of amidine groups is 1. The molecule has 0 saturated heterocycles. The Balaban J connectivity index is 1.94. The average Bonchev–Trinajstić information content (AvgIpc) is 2.82. The summed E-state index contributed by atoms with van der Waals surface area (Å²) >= 11 is 0. The molecule has 3 rings (SSSR count). The van der Waals surface area contributed by atoms with Crippen LogP contribution in [0.4, 0.5) is 0 Å². The minimum atomic E-state index is -0.274. The molecule has 0 bridgehead atoms. The Morgan fingerprint density at radius 3 is 2.88 bits per heavy atom. The van der Waals surface area contributed by atoms with Crippen LogP contribution in [-0.2, 0) is 9.57 Å². The second kappa shape index (κ2) is 3.93. The molecule has 0 N–H and O–H groups in total. The van der Waals surface area contributed by atoms with Crippen LogP contribution < -0.4 is 0 Å². The zero-order valence-electron chi connectivity index (χ0n) is 9.28. The van der Waals surface area contributed by atoms with Crippen molar-refractivity contribution in [3.8, 4) is 0 Å². The lowest BCUT2D eigenvalue weighted by Crippen LogP contribution is -2.35. The molecule has 0 aromatic heterocycles. The van der Waals surface area contributed by atoms with Gasteiger partial charge in [-0.05, 0) is 0 Å². The zero-order chi connectivity index (χ0) is 11.7. The van der Waals surface area contributed by atoms with Crippen molar-refractivity contribution in [1.29, 1.82) is 0 Å². The van der Waals surface area contributed by atoms with Crippen molar-refractivity contribution < 1.29 is 9.57 Å². The first-order valence-corrected chi connectivity index (χ1v) is 5.26. The molecule has 17 heavy (non-hydrogen) atoms. The van der Waals surface area contributed by atoms with Crippen molar-refractivity contribution in [2.45, 2.75) is 6.23 Å². The lowest BCUT2D eigenvalue weighted by Gasteiger charge is -2.21. The Labute approximate surface area is 98.7 Å². The number of methoxy groups -OCH3 is 1. The number of benzene rings is 1. The third-order valence-electron chi connectivity index (χ3n) is 2.59. The lowest BCUT2D eigenvalue weighted by atomic mass is 10.2. The number of hydrogen-bond acceptors (Lipinski definition) is 5. The van der Waals surface area contributed by atoms with Crippen molar-refractivity contribution in [2.24, 2.45) is 10.1 Å². The molecule has 0 amide bonds. The first-order chi connectivity index (χ1) is 8.38. The highest BCUT2D eigenvalue weighted by molar-refractivity contribution is 6.01. The molecule has 1 aromatic rings. The van der Waals surface area contributed by atoms with Gasteiger partial charge in [0.2, 0.25) is 12.1 Å². The summed E-state index contributed by atoms with van der Waals surface area (Å²) in [5.41, 5.74) is 0.997. The predicted molar refractivity (Wildman–Crippen MR) is 63.3 cm³/mol. The third kappa shape index (κ3) is 1.65. The molecule has 0 fully saturated rings. The first kappa shape index (κ1) is 9.89. The molecule has 0 radical (unpaired) electrons. The molecule has 2 aliphatic heterocycles. The number of rotatable bonds is 2. The van der Waals surface area contributed by atoms with E-state index in [-0.39, 0.29) is 6.23 Å². The van der Waals surface area contributed by atoms with Crippen LogP contribution >= 0.6 is 0 Å². The van der Waals surface area contributed by atoms with E-state index in [2.05, 4.69) is 10.1 Å². The van der Waals surface area contributed by atoms with E-state index in [9.17, 15) is 0 Å². The smallest absolute Gasteiger partial charge is 0.241 e. The topological polar surface area (TPSA) is 46.4 Å². The highest BCUT2D eigenvalue weighted by Crippen LogP contribution is 2.21. The number of ether oxygens (including phenoxy) is 1. The second-order valence-corrected chi connectivity index (χ2v) is 3.63. The van der Waals surface area contributed by atoms with Crippen molar-refractivity contribution in [2.75, 3.05) is 7.11 Å². The molecule has 1 unspecified atom stereocenters. The van der Waals surface area contributed by atoms with Gasteiger partial charge in [0.1, 0.15) is 0 Å². The van der Waals surface area contributed by atoms with Crippen molar-refractivity contribution in [3.63, 3.8) is 0 Å². The van der Waals surface area contributed by atoms with Gasteiger partial charge in [0.15, 0.2) is 5.84 Å². The standard InChI is InChI=1S/C12H11N3O2/c1-16-10-8-15-11(7-13-10)17-14-12(15)9-5-3-2-4-6-9/h2-8,11H,1H3. The quantitative estimate of drug-likeness (QED) is 0.772. The summed E-state index contributed by atoms with van der Waals surface area (Å²) in [6, 6.07) is 9.85. The second-order valence-electron chi connectivity index (χ2n) is 3.63. The summed E-state index contributed by atoms with van der Waals surface area (Å²) in [5.74, 6) is 1.30.